The number of rotatable bonds is 6. The Hall–Kier alpha value is -3.89. The quantitative estimate of drug-likeness (QED) is 0.574. The van der Waals surface area contributed by atoms with Crippen molar-refractivity contribution < 1.29 is 27.2 Å². The third-order valence-corrected chi connectivity index (χ3v) is 5.22. The van der Waals surface area contributed by atoms with Crippen LogP contribution in [0.1, 0.15) is 30.0 Å². The zero-order chi connectivity index (χ0) is 23.4. The predicted molar refractivity (Wildman–Crippen MR) is 112 cm³/mol. The molecular weight excluding hydrogens is 439 g/mol. The van der Waals surface area contributed by atoms with Gasteiger partial charge in [0.1, 0.15) is 0 Å². The molecule has 11 heteroatoms. The number of hydrogen-bond acceptors (Lipinski definition) is 5. The molecule has 33 heavy (non-hydrogen) atoms. The van der Waals surface area contributed by atoms with Gasteiger partial charge in [-0.25, -0.2) is 4.79 Å². The van der Waals surface area contributed by atoms with Crippen molar-refractivity contribution in [3.05, 3.63) is 66.1 Å². The largest absolute Gasteiger partial charge is 0.423 e. The molecule has 2 N–H and O–H groups in total. The number of likely N-dealkylation sites (tertiary alicyclic amines) is 1. The van der Waals surface area contributed by atoms with Gasteiger partial charge in [0.15, 0.2) is 0 Å². The topological polar surface area (TPSA) is 100 Å². The molecule has 2 heterocycles. The van der Waals surface area contributed by atoms with E-state index in [2.05, 4.69) is 20.8 Å². The number of halogens is 3. The lowest BCUT2D eigenvalue weighted by molar-refractivity contribution is -0.137. The molecule has 4 rings (SSSR count). The maximum Gasteiger partial charge on any atom is 0.416 e. The van der Waals surface area contributed by atoms with E-state index < -0.39 is 23.8 Å². The fourth-order valence-corrected chi connectivity index (χ4v) is 3.64. The standard InChI is InChI=1S/C22H20F3N5O3/c23-22(24,25)16-6-1-4-14(10-16)18(12-30-9-3-8-19(30)31)28-21(32)27-17-7-2-5-15(11-17)20-29-26-13-33-20/h1-2,4-7,10-11,13,18H,3,8-9,12H2,(H2,27,28,32). The fourth-order valence-electron chi connectivity index (χ4n) is 3.64. The van der Waals surface area contributed by atoms with E-state index in [0.717, 1.165) is 12.1 Å². The summed E-state index contributed by atoms with van der Waals surface area (Å²) in [6.07, 6.45) is -2.30. The third-order valence-electron chi connectivity index (χ3n) is 5.22. The van der Waals surface area contributed by atoms with Crippen LogP contribution in [-0.4, -0.2) is 40.1 Å². The van der Waals surface area contributed by atoms with Crippen LogP contribution in [0, 0.1) is 0 Å². The van der Waals surface area contributed by atoms with Crippen molar-refractivity contribution in [2.24, 2.45) is 0 Å². The summed E-state index contributed by atoms with van der Waals surface area (Å²) in [5.74, 6) is 0.176. The number of urea groups is 1. The molecule has 1 aliphatic heterocycles. The van der Waals surface area contributed by atoms with Gasteiger partial charge in [0.05, 0.1) is 11.6 Å². The molecule has 0 spiro atoms. The third kappa shape index (κ3) is 5.48. The molecule has 0 bridgehead atoms. The summed E-state index contributed by atoms with van der Waals surface area (Å²) in [5, 5.41) is 12.8. The Morgan fingerprint density at radius 3 is 2.70 bits per heavy atom. The van der Waals surface area contributed by atoms with Crippen LogP contribution >= 0.6 is 0 Å². The number of alkyl halides is 3. The Morgan fingerprint density at radius 1 is 1.18 bits per heavy atom. The maximum atomic E-state index is 13.2. The number of hydrogen-bond donors (Lipinski definition) is 2. The number of carbonyl (C=O) groups excluding carboxylic acids is 2. The molecular formula is C22H20F3N5O3. The van der Waals surface area contributed by atoms with Crippen molar-refractivity contribution in [3.63, 3.8) is 0 Å². The van der Waals surface area contributed by atoms with Crippen molar-refractivity contribution >= 4 is 17.6 Å². The molecule has 8 nitrogen and oxygen atoms in total. The lowest BCUT2D eigenvalue weighted by Gasteiger charge is -2.26. The molecule has 1 unspecified atom stereocenters. The molecule has 1 aromatic heterocycles. The van der Waals surface area contributed by atoms with E-state index in [1.165, 1.54) is 18.5 Å². The van der Waals surface area contributed by atoms with E-state index in [-0.39, 0.29) is 23.9 Å². The molecule has 1 atom stereocenters. The van der Waals surface area contributed by atoms with Crippen LogP contribution in [0.25, 0.3) is 11.5 Å². The Labute approximate surface area is 186 Å². The van der Waals surface area contributed by atoms with Crippen molar-refractivity contribution in [2.75, 3.05) is 18.4 Å². The molecule has 3 amide bonds. The second kappa shape index (κ2) is 9.31. The molecule has 0 saturated carbocycles. The van der Waals surface area contributed by atoms with Gasteiger partial charge in [0.2, 0.25) is 18.2 Å². The average Bonchev–Trinajstić information content (AvgIpc) is 3.45. The smallest absolute Gasteiger partial charge is 0.416 e. The van der Waals surface area contributed by atoms with Gasteiger partial charge in [0, 0.05) is 30.8 Å². The highest BCUT2D eigenvalue weighted by molar-refractivity contribution is 5.90. The van der Waals surface area contributed by atoms with Crippen LogP contribution in [0.2, 0.25) is 0 Å². The van der Waals surface area contributed by atoms with Crippen molar-refractivity contribution in [1.29, 1.82) is 0 Å². The van der Waals surface area contributed by atoms with Crippen LogP contribution < -0.4 is 10.6 Å². The van der Waals surface area contributed by atoms with Crippen molar-refractivity contribution in [2.45, 2.75) is 25.1 Å². The summed E-state index contributed by atoms with van der Waals surface area (Å²) in [7, 11) is 0. The lowest BCUT2D eigenvalue weighted by Crippen LogP contribution is -2.40. The molecule has 2 aromatic carbocycles. The van der Waals surface area contributed by atoms with Gasteiger partial charge in [-0.15, -0.1) is 10.2 Å². The van der Waals surface area contributed by atoms with Gasteiger partial charge in [0.25, 0.3) is 0 Å². The van der Waals surface area contributed by atoms with E-state index in [9.17, 15) is 22.8 Å². The molecule has 1 fully saturated rings. The first-order valence-corrected chi connectivity index (χ1v) is 10.2. The van der Waals surface area contributed by atoms with Gasteiger partial charge in [-0.3, -0.25) is 4.79 Å². The Balaban J connectivity index is 1.53. The summed E-state index contributed by atoms with van der Waals surface area (Å²) in [4.78, 5) is 26.4. The van der Waals surface area contributed by atoms with E-state index in [0.29, 0.717) is 30.6 Å². The zero-order valence-electron chi connectivity index (χ0n) is 17.3. The number of carbonyl (C=O) groups is 2. The number of anilines is 1. The molecule has 3 aromatic rings. The van der Waals surface area contributed by atoms with Crippen LogP contribution in [0.15, 0.2) is 59.3 Å². The highest BCUT2D eigenvalue weighted by atomic mass is 19.4. The first kappa shape index (κ1) is 22.3. The molecule has 1 saturated heterocycles. The number of benzene rings is 2. The van der Waals surface area contributed by atoms with Gasteiger partial charge in [-0.2, -0.15) is 13.2 Å². The minimum absolute atomic E-state index is 0.0651. The first-order valence-electron chi connectivity index (χ1n) is 10.2. The van der Waals surface area contributed by atoms with Crippen LogP contribution in [0.4, 0.5) is 23.7 Å². The van der Waals surface area contributed by atoms with E-state index in [1.54, 1.807) is 29.2 Å². The van der Waals surface area contributed by atoms with Gasteiger partial charge in [-0.1, -0.05) is 18.2 Å². The van der Waals surface area contributed by atoms with E-state index in [4.69, 9.17) is 4.42 Å². The van der Waals surface area contributed by atoms with Crippen LogP contribution in [0.5, 0.6) is 0 Å². The summed E-state index contributed by atoms with van der Waals surface area (Å²) in [6, 6.07) is 9.93. The molecule has 0 radical (unpaired) electrons. The predicted octanol–water partition coefficient (Wildman–Crippen LogP) is 4.24. The highest BCUT2D eigenvalue weighted by Gasteiger charge is 2.32. The summed E-state index contributed by atoms with van der Waals surface area (Å²) < 4.78 is 44.8. The Morgan fingerprint density at radius 2 is 2.00 bits per heavy atom. The number of nitrogens with zero attached hydrogens (tertiary/aromatic N) is 3. The SMILES string of the molecule is O=C(Nc1cccc(-c2nnco2)c1)NC(CN1CCCC1=O)c1cccc(C(F)(F)F)c1. The molecule has 0 aliphatic carbocycles. The van der Waals surface area contributed by atoms with Crippen molar-refractivity contribution in [3.8, 4) is 11.5 Å². The summed E-state index contributed by atoms with van der Waals surface area (Å²) in [6.45, 7) is 0.555. The fraction of sp³-hybridized carbons (Fsp3) is 0.273. The van der Waals surface area contributed by atoms with Gasteiger partial charge >= 0.3 is 12.2 Å². The van der Waals surface area contributed by atoms with Gasteiger partial charge < -0.3 is 20.0 Å². The lowest BCUT2D eigenvalue weighted by atomic mass is 10.0. The minimum atomic E-state index is -4.53. The van der Waals surface area contributed by atoms with Crippen LogP contribution in [0.3, 0.4) is 0 Å². The Kier molecular flexibility index (Phi) is 6.29. The number of aromatic nitrogens is 2. The first-order chi connectivity index (χ1) is 15.8. The Bertz CT molecular complexity index is 1130. The maximum absolute atomic E-state index is 13.2. The summed E-state index contributed by atoms with van der Waals surface area (Å²) >= 11 is 0. The normalized spacial score (nSPS) is 14.9. The number of amides is 3. The van der Waals surface area contributed by atoms with E-state index in [1.807, 2.05) is 0 Å². The van der Waals surface area contributed by atoms with Crippen molar-refractivity contribution in [1.82, 2.24) is 20.4 Å². The summed E-state index contributed by atoms with van der Waals surface area (Å²) in [5.41, 5.74) is 0.428. The van der Waals surface area contributed by atoms with Crippen LogP contribution in [-0.2, 0) is 11.0 Å². The zero-order valence-corrected chi connectivity index (χ0v) is 17.3. The monoisotopic (exact) mass is 459 g/mol. The van der Waals surface area contributed by atoms with E-state index >= 15 is 0 Å². The molecule has 172 valence electrons. The second-order valence-corrected chi connectivity index (χ2v) is 7.54. The average molecular weight is 459 g/mol. The number of nitrogens with one attached hydrogen (secondary N) is 2. The highest BCUT2D eigenvalue weighted by Crippen LogP contribution is 2.31. The van der Waals surface area contributed by atoms with Gasteiger partial charge in [-0.05, 0) is 42.3 Å². The second-order valence-electron chi connectivity index (χ2n) is 7.54. The minimum Gasteiger partial charge on any atom is -0.423 e. The molecule has 1 aliphatic rings.